The van der Waals surface area contributed by atoms with E-state index in [0.29, 0.717) is 31.3 Å². The molecule has 1 unspecified atom stereocenters. The van der Waals surface area contributed by atoms with Crippen molar-refractivity contribution in [1.82, 2.24) is 30.1 Å². The number of nitrogens with one attached hydrogen (secondary N) is 1. The van der Waals surface area contributed by atoms with E-state index < -0.39 is 0 Å². The van der Waals surface area contributed by atoms with Gasteiger partial charge in [0, 0.05) is 45.4 Å². The number of guanidine groups is 1. The molecule has 1 saturated heterocycles. The van der Waals surface area contributed by atoms with E-state index in [2.05, 4.69) is 30.4 Å². The second-order valence-electron chi connectivity index (χ2n) is 5.71. The number of nitrogens with zero attached hydrogens (tertiary/aromatic N) is 6. The summed E-state index contributed by atoms with van der Waals surface area (Å²) >= 11 is 0. The van der Waals surface area contributed by atoms with Gasteiger partial charge < -0.3 is 19.5 Å². The molecule has 138 valence electrons. The fourth-order valence-corrected chi connectivity index (χ4v) is 2.70. The van der Waals surface area contributed by atoms with Crippen LogP contribution in [0.15, 0.2) is 21.9 Å². The van der Waals surface area contributed by atoms with Crippen molar-refractivity contribution in [3.05, 3.63) is 29.7 Å². The molecule has 0 radical (unpaired) electrons. The highest BCUT2D eigenvalue weighted by Crippen LogP contribution is 2.21. The van der Waals surface area contributed by atoms with Gasteiger partial charge in [-0.15, -0.1) is 24.0 Å². The van der Waals surface area contributed by atoms with Crippen LogP contribution in [0, 0.1) is 6.92 Å². The van der Waals surface area contributed by atoms with Gasteiger partial charge >= 0.3 is 0 Å². The zero-order valence-corrected chi connectivity index (χ0v) is 17.0. The average molecular weight is 461 g/mol. The number of aryl methyl sites for hydroxylation is 2. The van der Waals surface area contributed by atoms with Gasteiger partial charge in [0.1, 0.15) is 6.10 Å². The summed E-state index contributed by atoms with van der Waals surface area (Å²) in [7, 11) is 3.69. The molecule has 1 aliphatic rings. The molecule has 9 nitrogen and oxygen atoms in total. The Morgan fingerprint density at radius 1 is 1.48 bits per heavy atom. The lowest BCUT2D eigenvalue weighted by Gasteiger charge is -2.34. The Labute approximate surface area is 163 Å². The van der Waals surface area contributed by atoms with Crippen LogP contribution in [0.5, 0.6) is 0 Å². The van der Waals surface area contributed by atoms with Crippen LogP contribution in [0.1, 0.15) is 23.4 Å². The third-order valence-corrected chi connectivity index (χ3v) is 3.87. The van der Waals surface area contributed by atoms with E-state index in [4.69, 9.17) is 9.26 Å². The Kier molecular flexibility index (Phi) is 7.17. The highest BCUT2D eigenvalue weighted by atomic mass is 127. The van der Waals surface area contributed by atoms with Crippen molar-refractivity contribution in [2.45, 2.75) is 19.4 Å². The van der Waals surface area contributed by atoms with E-state index in [1.807, 2.05) is 26.4 Å². The van der Waals surface area contributed by atoms with Crippen LogP contribution in [0.4, 0.5) is 0 Å². The molecule has 2 aromatic heterocycles. The van der Waals surface area contributed by atoms with Gasteiger partial charge in [-0.1, -0.05) is 5.16 Å². The molecule has 0 bridgehead atoms. The first kappa shape index (κ1) is 19.6. The first-order valence-electron chi connectivity index (χ1n) is 8.00. The quantitative estimate of drug-likeness (QED) is 0.411. The number of aliphatic imine (C=N–C) groups is 1. The third kappa shape index (κ3) is 5.14. The number of morpholine rings is 1. The number of rotatable bonds is 4. The Hall–Kier alpha value is -1.69. The predicted octanol–water partition coefficient (Wildman–Crippen LogP) is 0.921. The van der Waals surface area contributed by atoms with E-state index >= 15 is 0 Å². The number of ether oxygens (including phenoxy) is 1. The van der Waals surface area contributed by atoms with Gasteiger partial charge in [-0.25, -0.2) is 0 Å². The second-order valence-corrected chi connectivity index (χ2v) is 5.71. The topological polar surface area (TPSA) is 93.6 Å². The van der Waals surface area contributed by atoms with E-state index in [0.717, 1.165) is 24.6 Å². The molecular formula is C15H24IN7O2. The molecule has 10 heteroatoms. The lowest BCUT2D eigenvalue weighted by Crippen LogP contribution is -2.48. The fraction of sp³-hybridized carbons (Fsp3) is 0.600. The van der Waals surface area contributed by atoms with Crippen LogP contribution < -0.4 is 5.32 Å². The van der Waals surface area contributed by atoms with Gasteiger partial charge in [-0.05, 0) is 6.92 Å². The standard InChI is InChI=1S/C15H23N7O2.HI/c1-11-19-14(24-20-11)4-5-17-15(16-2)22-6-7-23-13(10-22)12-8-18-21(3)9-12;/h8-9,13H,4-7,10H2,1-3H3,(H,16,17);1H. The second kappa shape index (κ2) is 9.13. The normalized spacial score (nSPS) is 18.1. The van der Waals surface area contributed by atoms with Gasteiger partial charge in [-0.2, -0.15) is 10.1 Å². The Balaban J connectivity index is 0.00000225. The Morgan fingerprint density at radius 3 is 2.96 bits per heavy atom. The zero-order valence-electron chi connectivity index (χ0n) is 14.7. The van der Waals surface area contributed by atoms with Crippen molar-refractivity contribution in [2.75, 3.05) is 33.3 Å². The molecule has 0 aliphatic carbocycles. The molecule has 0 aromatic carbocycles. The predicted molar refractivity (Wildman–Crippen MR) is 103 cm³/mol. The van der Waals surface area contributed by atoms with Gasteiger partial charge in [0.15, 0.2) is 11.8 Å². The van der Waals surface area contributed by atoms with Crippen LogP contribution in [0.3, 0.4) is 0 Å². The summed E-state index contributed by atoms with van der Waals surface area (Å²) in [4.78, 5) is 10.8. The van der Waals surface area contributed by atoms with Crippen molar-refractivity contribution in [3.63, 3.8) is 0 Å². The van der Waals surface area contributed by atoms with Crippen molar-refractivity contribution in [2.24, 2.45) is 12.0 Å². The number of aromatic nitrogens is 4. The number of hydrogen-bond acceptors (Lipinski definition) is 6. The summed E-state index contributed by atoms with van der Waals surface area (Å²) in [5.41, 5.74) is 1.08. The summed E-state index contributed by atoms with van der Waals surface area (Å²) in [5, 5.41) is 11.4. The average Bonchev–Trinajstić information content (AvgIpc) is 3.20. The third-order valence-electron chi connectivity index (χ3n) is 3.87. The van der Waals surface area contributed by atoms with E-state index in [1.54, 1.807) is 11.7 Å². The maximum Gasteiger partial charge on any atom is 0.228 e. The maximum atomic E-state index is 5.87. The minimum Gasteiger partial charge on any atom is -0.370 e. The van der Waals surface area contributed by atoms with E-state index in [1.165, 1.54) is 0 Å². The fourth-order valence-electron chi connectivity index (χ4n) is 2.70. The van der Waals surface area contributed by atoms with Gasteiger partial charge in [-0.3, -0.25) is 9.67 Å². The van der Waals surface area contributed by atoms with Crippen molar-refractivity contribution >= 4 is 29.9 Å². The summed E-state index contributed by atoms with van der Waals surface area (Å²) < 4.78 is 12.8. The van der Waals surface area contributed by atoms with Crippen molar-refractivity contribution in [3.8, 4) is 0 Å². The summed E-state index contributed by atoms with van der Waals surface area (Å²) in [6.45, 7) is 4.69. The van der Waals surface area contributed by atoms with E-state index in [9.17, 15) is 0 Å². The minimum absolute atomic E-state index is 0. The number of halogens is 1. The molecule has 2 aromatic rings. The highest BCUT2D eigenvalue weighted by molar-refractivity contribution is 14.0. The monoisotopic (exact) mass is 461 g/mol. The Morgan fingerprint density at radius 2 is 2.32 bits per heavy atom. The molecule has 3 rings (SSSR count). The molecule has 25 heavy (non-hydrogen) atoms. The zero-order chi connectivity index (χ0) is 16.9. The van der Waals surface area contributed by atoms with Crippen LogP contribution in [-0.2, 0) is 18.2 Å². The molecule has 1 fully saturated rings. The summed E-state index contributed by atoms with van der Waals surface area (Å²) in [5.74, 6) is 2.14. The lowest BCUT2D eigenvalue weighted by molar-refractivity contribution is -0.00801. The lowest BCUT2D eigenvalue weighted by atomic mass is 10.1. The largest absolute Gasteiger partial charge is 0.370 e. The van der Waals surface area contributed by atoms with Gasteiger partial charge in [0.25, 0.3) is 0 Å². The molecular weight excluding hydrogens is 437 g/mol. The molecule has 1 aliphatic heterocycles. The van der Waals surface area contributed by atoms with Crippen molar-refractivity contribution < 1.29 is 9.26 Å². The van der Waals surface area contributed by atoms with Crippen LogP contribution in [0.25, 0.3) is 0 Å². The summed E-state index contributed by atoms with van der Waals surface area (Å²) in [6.07, 6.45) is 4.51. The highest BCUT2D eigenvalue weighted by Gasteiger charge is 2.25. The SMILES string of the molecule is CN=C(NCCc1nc(C)no1)N1CCOC(c2cnn(C)c2)C1.I. The smallest absolute Gasteiger partial charge is 0.228 e. The van der Waals surface area contributed by atoms with Crippen LogP contribution in [0.2, 0.25) is 0 Å². The van der Waals surface area contributed by atoms with Gasteiger partial charge in [0.2, 0.25) is 5.89 Å². The maximum absolute atomic E-state index is 5.87. The molecule has 1 N–H and O–H groups in total. The molecule has 0 spiro atoms. The number of hydrogen-bond donors (Lipinski definition) is 1. The summed E-state index contributed by atoms with van der Waals surface area (Å²) in [6, 6.07) is 0. The van der Waals surface area contributed by atoms with Crippen molar-refractivity contribution in [1.29, 1.82) is 0 Å². The van der Waals surface area contributed by atoms with Crippen LogP contribution in [-0.4, -0.2) is 64.1 Å². The molecule has 1 atom stereocenters. The van der Waals surface area contributed by atoms with Gasteiger partial charge in [0.05, 0.1) is 19.3 Å². The van der Waals surface area contributed by atoms with Crippen LogP contribution >= 0.6 is 24.0 Å². The van der Waals surface area contributed by atoms with E-state index in [-0.39, 0.29) is 30.1 Å². The Bertz CT molecular complexity index is 700. The molecule has 0 saturated carbocycles. The first-order chi connectivity index (χ1) is 11.7. The first-order valence-corrected chi connectivity index (χ1v) is 8.00. The minimum atomic E-state index is 0. The molecule has 3 heterocycles. The molecule has 0 amide bonds.